The van der Waals surface area contributed by atoms with Gasteiger partial charge in [0.2, 0.25) is 5.91 Å². The topological polar surface area (TPSA) is 73.0 Å². The normalized spacial score (nSPS) is 13.3. The number of amides is 1. The summed E-state index contributed by atoms with van der Waals surface area (Å²) in [5.74, 6) is -0.370. The molecule has 0 aliphatic heterocycles. The Morgan fingerprint density at radius 3 is 2.74 bits per heavy atom. The van der Waals surface area contributed by atoms with Crippen LogP contribution in [0.4, 0.5) is 19.0 Å². The van der Waals surface area contributed by atoms with Crippen molar-refractivity contribution in [2.24, 2.45) is 0 Å². The third kappa shape index (κ3) is 2.92. The first kappa shape index (κ1) is 13.1. The summed E-state index contributed by atoms with van der Waals surface area (Å²) in [4.78, 5) is 11.7. The third-order valence-corrected chi connectivity index (χ3v) is 2.36. The van der Waals surface area contributed by atoms with Crippen LogP contribution in [0, 0.1) is 0 Å². The molecular formula is C10H9F3N4O2. The van der Waals surface area contributed by atoms with Crippen LogP contribution in [-0.4, -0.2) is 20.8 Å². The molecule has 0 aliphatic carbocycles. The maximum absolute atomic E-state index is 12.4. The number of rotatable bonds is 3. The van der Waals surface area contributed by atoms with E-state index in [-0.39, 0.29) is 5.82 Å². The SMILES string of the molecule is C[C@@H](C(=O)Nc1ccon1)n1ccc(C(F)(F)F)n1. The van der Waals surface area contributed by atoms with Crippen molar-refractivity contribution in [3.63, 3.8) is 0 Å². The van der Waals surface area contributed by atoms with Gasteiger partial charge in [-0.3, -0.25) is 9.48 Å². The maximum Gasteiger partial charge on any atom is 0.435 e. The predicted octanol–water partition coefficient (Wildman–Crippen LogP) is 2.09. The molecular weight excluding hydrogens is 265 g/mol. The Bertz CT molecular complexity index is 562. The lowest BCUT2D eigenvalue weighted by molar-refractivity contribution is -0.141. The second-order valence-corrected chi connectivity index (χ2v) is 3.73. The molecule has 2 aromatic heterocycles. The number of carbonyl (C=O) groups excluding carboxylic acids is 1. The molecule has 102 valence electrons. The first-order valence-electron chi connectivity index (χ1n) is 5.21. The highest BCUT2D eigenvalue weighted by atomic mass is 19.4. The maximum atomic E-state index is 12.4. The lowest BCUT2D eigenvalue weighted by Gasteiger charge is -2.11. The number of aromatic nitrogens is 3. The summed E-state index contributed by atoms with van der Waals surface area (Å²) in [6.45, 7) is 1.42. The Labute approximate surface area is 105 Å². The van der Waals surface area contributed by atoms with Crippen LogP contribution in [0.3, 0.4) is 0 Å². The molecule has 19 heavy (non-hydrogen) atoms. The Hall–Kier alpha value is -2.32. The number of anilines is 1. The summed E-state index contributed by atoms with van der Waals surface area (Å²) >= 11 is 0. The number of halogens is 3. The van der Waals surface area contributed by atoms with Gasteiger partial charge in [0.15, 0.2) is 11.5 Å². The molecule has 0 fully saturated rings. The van der Waals surface area contributed by atoms with Crippen molar-refractivity contribution in [1.82, 2.24) is 14.9 Å². The van der Waals surface area contributed by atoms with Gasteiger partial charge in [-0.05, 0) is 13.0 Å². The molecule has 0 spiro atoms. The Kier molecular flexibility index (Phi) is 3.28. The summed E-state index contributed by atoms with van der Waals surface area (Å²) in [5.41, 5.74) is -1.05. The van der Waals surface area contributed by atoms with Gasteiger partial charge in [-0.25, -0.2) is 0 Å². The summed E-state index contributed by atoms with van der Waals surface area (Å²) in [7, 11) is 0. The second-order valence-electron chi connectivity index (χ2n) is 3.73. The minimum Gasteiger partial charge on any atom is -0.363 e. The molecule has 2 aromatic rings. The van der Waals surface area contributed by atoms with E-state index in [1.165, 1.54) is 19.3 Å². The number of carbonyl (C=O) groups is 1. The van der Waals surface area contributed by atoms with Crippen molar-refractivity contribution in [1.29, 1.82) is 0 Å². The summed E-state index contributed by atoms with van der Waals surface area (Å²) in [6, 6.07) is 1.31. The van der Waals surface area contributed by atoms with Gasteiger partial charge in [0.05, 0.1) is 0 Å². The van der Waals surface area contributed by atoms with Crippen LogP contribution in [0.15, 0.2) is 29.1 Å². The molecule has 2 heterocycles. The fraction of sp³-hybridized carbons (Fsp3) is 0.300. The Balaban J connectivity index is 2.09. The van der Waals surface area contributed by atoms with E-state index in [9.17, 15) is 18.0 Å². The zero-order valence-electron chi connectivity index (χ0n) is 9.68. The number of nitrogens with zero attached hydrogens (tertiary/aromatic N) is 3. The molecule has 9 heteroatoms. The average Bonchev–Trinajstić information content (AvgIpc) is 2.97. The zero-order chi connectivity index (χ0) is 14.0. The highest BCUT2D eigenvalue weighted by Gasteiger charge is 2.34. The van der Waals surface area contributed by atoms with Crippen molar-refractivity contribution in [3.8, 4) is 0 Å². The van der Waals surface area contributed by atoms with Gasteiger partial charge in [0, 0.05) is 12.3 Å². The molecule has 0 saturated carbocycles. The number of alkyl halides is 3. The van der Waals surface area contributed by atoms with Gasteiger partial charge >= 0.3 is 6.18 Å². The fourth-order valence-corrected chi connectivity index (χ4v) is 1.33. The zero-order valence-corrected chi connectivity index (χ0v) is 9.68. The molecule has 0 bridgehead atoms. The highest BCUT2D eigenvalue weighted by molar-refractivity contribution is 5.92. The molecule has 0 aliphatic rings. The first-order valence-corrected chi connectivity index (χ1v) is 5.21. The van der Waals surface area contributed by atoms with Crippen molar-refractivity contribution < 1.29 is 22.5 Å². The fourth-order valence-electron chi connectivity index (χ4n) is 1.33. The van der Waals surface area contributed by atoms with E-state index in [4.69, 9.17) is 0 Å². The molecule has 2 rings (SSSR count). The van der Waals surface area contributed by atoms with Gasteiger partial charge in [0.25, 0.3) is 0 Å². The van der Waals surface area contributed by atoms with E-state index >= 15 is 0 Å². The van der Waals surface area contributed by atoms with Gasteiger partial charge in [-0.15, -0.1) is 0 Å². The average molecular weight is 274 g/mol. The molecule has 0 unspecified atom stereocenters. The van der Waals surface area contributed by atoms with Crippen LogP contribution in [-0.2, 0) is 11.0 Å². The lowest BCUT2D eigenvalue weighted by atomic mass is 10.3. The smallest absolute Gasteiger partial charge is 0.363 e. The van der Waals surface area contributed by atoms with E-state index in [1.807, 2.05) is 0 Å². The van der Waals surface area contributed by atoms with Crippen LogP contribution < -0.4 is 5.32 Å². The molecule has 1 amide bonds. The van der Waals surface area contributed by atoms with Gasteiger partial charge in [-0.1, -0.05) is 5.16 Å². The van der Waals surface area contributed by atoms with Crippen molar-refractivity contribution in [3.05, 3.63) is 30.3 Å². The van der Waals surface area contributed by atoms with Gasteiger partial charge in [0.1, 0.15) is 12.3 Å². The number of hydrogen-bond donors (Lipinski definition) is 1. The summed E-state index contributed by atoms with van der Waals surface area (Å²) in [6.07, 6.45) is -2.18. The van der Waals surface area contributed by atoms with Crippen molar-refractivity contribution in [2.45, 2.75) is 19.1 Å². The van der Waals surface area contributed by atoms with Gasteiger partial charge in [-0.2, -0.15) is 18.3 Å². The van der Waals surface area contributed by atoms with Crippen LogP contribution >= 0.6 is 0 Å². The van der Waals surface area contributed by atoms with Crippen molar-refractivity contribution in [2.75, 3.05) is 5.32 Å². The predicted molar refractivity (Wildman–Crippen MR) is 57.1 cm³/mol. The molecule has 6 nitrogen and oxygen atoms in total. The third-order valence-electron chi connectivity index (χ3n) is 2.36. The Morgan fingerprint density at radius 1 is 1.47 bits per heavy atom. The lowest BCUT2D eigenvalue weighted by Crippen LogP contribution is -2.24. The number of nitrogens with one attached hydrogen (secondary N) is 1. The molecule has 0 radical (unpaired) electrons. The second kappa shape index (κ2) is 4.75. The summed E-state index contributed by atoms with van der Waals surface area (Å²) < 4.78 is 42.6. The molecule has 1 N–H and O–H groups in total. The van der Waals surface area contributed by atoms with Gasteiger partial charge < -0.3 is 9.84 Å². The Morgan fingerprint density at radius 2 is 2.21 bits per heavy atom. The largest absolute Gasteiger partial charge is 0.435 e. The number of hydrogen-bond acceptors (Lipinski definition) is 4. The van der Waals surface area contributed by atoms with Crippen LogP contribution in [0.2, 0.25) is 0 Å². The minimum absolute atomic E-state index is 0.181. The van der Waals surface area contributed by atoms with Crippen LogP contribution in [0.25, 0.3) is 0 Å². The minimum atomic E-state index is -4.53. The van der Waals surface area contributed by atoms with Crippen LogP contribution in [0.1, 0.15) is 18.7 Å². The van der Waals surface area contributed by atoms with E-state index in [0.717, 1.165) is 16.9 Å². The molecule has 0 saturated heterocycles. The first-order chi connectivity index (χ1) is 8.88. The van der Waals surface area contributed by atoms with E-state index in [1.54, 1.807) is 0 Å². The molecule has 1 atom stereocenters. The highest BCUT2D eigenvalue weighted by Crippen LogP contribution is 2.27. The standard InChI is InChI=1S/C10H9F3N4O2/c1-6(9(18)14-8-3-5-19-16-8)17-4-2-7(15-17)10(11,12)13/h2-6H,1H3,(H,14,16,18)/t6-/m0/s1. The quantitative estimate of drug-likeness (QED) is 0.930. The monoisotopic (exact) mass is 274 g/mol. The van der Waals surface area contributed by atoms with E-state index < -0.39 is 23.8 Å². The van der Waals surface area contributed by atoms with Crippen molar-refractivity contribution >= 4 is 11.7 Å². The summed E-state index contributed by atoms with van der Waals surface area (Å²) in [5, 5.41) is 9.16. The van der Waals surface area contributed by atoms with E-state index in [2.05, 4.69) is 20.1 Å². The van der Waals surface area contributed by atoms with E-state index in [0.29, 0.717) is 0 Å². The van der Waals surface area contributed by atoms with Crippen LogP contribution in [0.5, 0.6) is 0 Å². The molecule has 0 aromatic carbocycles.